The maximum Gasteiger partial charge on any atom is 0.501 e. The zero-order chi connectivity index (χ0) is 14.8. The normalized spacial score (nSPS) is 29.5. The molecule has 0 aromatic heterocycles. The molecule has 0 bridgehead atoms. The van der Waals surface area contributed by atoms with E-state index in [0.717, 1.165) is 24.9 Å². The van der Waals surface area contributed by atoms with Crippen LogP contribution in [0.1, 0.15) is 47.0 Å². The van der Waals surface area contributed by atoms with Crippen molar-refractivity contribution in [2.45, 2.75) is 64.4 Å². The Morgan fingerprint density at radius 2 is 1.85 bits per heavy atom. The molecule has 2 aliphatic rings. The fourth-order valence-corrected chi connectivity index (χ4v) is 2.31. The fraction of sp³-hybridized carbons (Fsp3) is 0.786. The van der Waals surface area contributed by atoms with Gasteiger partial charge in [-0.05, 0) is 40.5 Å². The fourth-order valence-electron chi connectivity index (χ4n) is 2.31. The maximum atomic E-state index is 7.59. The highest BCUT2D eigenvalue weighted by molar-refractivity contribution is 6.60. The minimum atomic E-state index is -0.475. The smallest absolute Gasteiger partial charge is 0.399 e. The van der Waals surface area contributed by atoms with Crippen molar-refractivity contribution in [2.24, 2.45) is 0 Å². The van der Waals surface area contributed by atoms with Crippen LogP contribution in [0.2, 0.25) is 0 Å². The number of rotatable bonds is 4. The standard InChI is InChI=1S/C14H25BN2O3/c1-13(2)14(3,4)20-15(19-13)11(9-16)10-17-12-7-5-6-8-18-12/h9-10,12,16-17H,5-8H2,1-4H3/p+1. The Morgan fingerprint density at radius 3 is 2.35 bits per heavy atom. The molecule has 0 saturated carbocycles. The third-order valence-electron chi connectivity index (χ3n) is 4.41. The molecule has 2 aliphatic heterocycles. The van der Waals surface area contributed by atoms with Crippen molar-refractivity contribution < 1.29 is 19.4 Å². The number of nitrogens with two attached hydrogens (primary N) is 1. The number of ether oxygens (including phenoxy) is 1. The molecule has 0 aromatic rings. The summed E-state index contributed by atoms with van der Waals surface area (Å²) in [4.78, 5) is 0. The third kappa shape index (κ3) is 3.31. The molecule has 1 unspecified atom stereocenters. The van der Waals surface area contributed by atoms with E-state index in [1.54, 1.807) is 0 Å². The molecule has 3 N–H and O–H groups in total. The van der Waals surface area contributed by atoms with E-state index in [1.165, 1.54) is 12.6 Å². The Morgan fingerprint density at radius 1 is 1.20 bits per heavy atom. The molecule has 6 heteroatoms. The molecule has 0 radical (unpaired) electrons. The predicted molar refractivity (Wildman–Crippen MR) is 78.5 cm³/mol. The van der Waals surface area contributed by atoms with Crippen molar-refractivity contribution >= 4 is 13.3 Å². The zero-order valence-corrected chi connectivity index (χ0v) is 12.9. The van der Waals surface area contributed by atoms with E-state index in [4.69, 9.17) is 19.5 Å². The van der Waals surface area contributed by atoms with E-state index in [9.17, 15) is 0 Å². The highest BCUT2D eigenvalue weighted by Gasteiger charge is 2.52. The summed E-state index contributed by atoms with van der Waals surface area (Å²) in [6.45, 7) is 8.89. The molecule has 20 heavy (non-hydrogen) atoms. The number of hydrogen-bond acceptors (Lipinski definition) is 4. The molecular formula is C14H26BN2O3+. The SMILES string of the molecule is CC1(C)OB(C(C=N)=C[NH2+]C2CCCCO2)OC1(C)C. The zero-order valence-electron chi connectivity index (χ0n) is 12.9. The highest BCUT2D eigenvalue weighted by Crippen LogP contribution is 2.38. The van der Waals surface area contributed by atoms with Gasteiger partial charge in [-0.1, -0.05) is 0 Å². The highest BCUT2D eigenvalue weighted by atomic mass is 16.7. The van der Waals surface area contributed by atoms with Crippen LogP contribution in [0, 0.1) is 5.41 Å². The monoisotopic (exact) mass is 281 g/mol. The van der Waals surface area contributed by atoms with Crippen LogP contribution in [0.15, 0.2) is 11.7 Å². The van der Waals surface area contributed by atoms with Crippen LogP contribution >= 0.6 is 0 Å². The average Bonchev–Trinajstić information content (AvgIpc) is 2.60. The van der Waals surface area contributed by atoms with Gasteiger partial charge in [-0.3, -0.25) is 5.32 Å². The lowest BCUT2D eigenvalue weighted by molar-refractivity contribution is -0.674. The molecule has 5 nitrogen and oxygen atoms in total. The molecule has 112 valence electrons. The van der Waals surface area contributed by atoms with Gasteiger partial charge in [-0.25, -0.2) is 0 Å². The molecule has 2 saturated heterocycles. The predicted octanol–water partition coefficient (Wildman–Crippen LogP) is 1.24. The largest absolute Gasteiger partial charge is 0.501 e. The van der Waals surface area contributed by atoms with E-state index in [1.807, 2.05) is 39.2 Å². The molecule has 2 fully saturated rings. The Hall–Kier alpha value is -0.685. The molecule has 0 aromatic carbocycles. The number of quaternary nitrogens is 1. The van der Waals surface area contributed by atoms with Crippen molar-refractivity contribution in [3.05, 3.63) is 11.7 Å². The maximum absolute atomic E-state index is 7.59. The van der Waals surface area contributed by atoms with Crippen LogP contribution in [-0.2, 0) is 14.0 Å². The lowest BCUT2D eigenvalue weighted by Gasteiger charge is -2.32. The Balaban J connectivity index is 2.00. The summed E-state index contributed by atoms with van der Waals surface area (Å²) < 4.78 is 17.6. The van der Waals surface area contributed by atoms with E-state index in [0.29, 0.717) is 0 Å². The van der Waals surface area contributed by atoms with Gasteiger partial charge in [0.25, 0.3) is 0 Å². The molecule has 0 spiro atoms. The summed E-state index contributed by atoms with van der Waals surface area (Å²) in [5, 5.41) is 9.61. The number of nitrogens with one attached hydrogen (secondary N) is 1. The van der Waals surface area contributed by atoms with Crippen molar-refractivity contribution in [3.63, 3.8) is 0 Å². The first-order valence-electron chi connectivity index (χ1n) is 7.38. The van der Waals surface area contributed by atoms with Crippen molar-refractivity contribution in [2.75, 3.05) is 6.61 Å². The van der Waals surface area contributed by atoms with E-state index >= 15 is 0 Å². The van der Waals surface area contributed by atoms with Crippen molar-refractivity contribution in [1.82, 2.24) is 0 Å². The Kier molecular flexibility index (Phi) is 4.69. The second-order valence-corrected chi connectivity index (χ2v) is 6.50. The van der Waals surface area contributed by atoms with Gasteiger partial charge in [-0.2, -0.15) is 0 Å². The lowest BCUT2D eigenvalue weighted by atomic mass is 9.79. The van der Waals surface area contributed by atoms with Gasteiger partial charge in [0.05, 0.1) is 29.5 Å². The minimum Gasteiger partial charge on any atom is -0.399 e. The van der Waals surface area contributed by atoms with Gasteiger partial charge in [0.1, 0.15) is 0 Å². The van der Waals surface area contributed by atoms with Gasteiger partial charge in [0.15, 0.2) is 6.23 Å². The summed E-state index contributed by atoms with van der Waals surface area (Å²) in [5.41, 5.74) is -0.0137. The molecule has 0 amide bonds. The quantitative estimate of drug-likeness (QED) is 0.602. The molecule has 0 aliphatic carbocycles. The minimum absolute atomic E-state index is 0.154. The van der Waals surface area contributed by atoms with Crippen LogP contribution in [-0.4, -0.2) is 37.4 Å². The number of hydrogen-bond donors (Lipinski definition) is 2. The summed E-state index contributed by atoms with van der Waals surface area (Å²) in [5.74, 6) is 0. The first-order valence-corrected chi connectivity index (χ1v) is 7.38. The average molecular weight is 281 g/mol. The summed E-state index contributed by atoms with van der Waals surface area (Å²) in [6.07, 6.45) is 6.76. The van der Waals surface area contributed by atoms with Gasteiger partial charge in [0, 0.05) is 12.6 Å². The van der Waals surface area contributed by atoms with Crippen molar-refractivity contribution in [3.8, 4) is 0 Å². The Bertz CT molecular complexity index is 374. The van der Waals surface area contributed by atoms with Crippen LogP contribution < -0.4 is 5.32 Å². The first-order chi connectivity index (χ1) is 9.36. The first kappa shape index (κ1) is 15.7. The van der Waals surface area contributed by atoms with Crippen LogP contribution in [0.4, 0.5) is 0 Å². The summed E-state index contributed by atoms with van der Waals surface area (Å²) in [6, 6.07) is 0. The van der Waals surface area contributed by atoms with Crippen LogP contribution in [0.25, 0.3) is 0 Å². The van der Waals surface area contributed by atoms with E-state index < -0.39 is 7.12 Å². The van der Waals surface area contributed by atoms with Crippen LogP contribution in [0.3, 0.4) is 0 Å². The second-order valence-electron chi connectivity index (χ2n) is 6.50. The molecule has 2 rings (SSSR count). The van der Waals surface area contributed by atoms with Crippen molar-refractivity contribution in [1.29, 1.82) is 5.41 Å². The van der Waals surface area contributed by atoms with Gasteiger partial charge in [0.2, 0.25) is 0 Å². The Labute approximate surface area is 121 Å². The van der Waals surface area contributed by atoms with Gasteiger partial charge in [-0.15, -0.1) is 0 Å². The molecular weight excluding hydrogens is 255 g/mol. The summed E-state index contributed by atoms with van der Waals surface area (Å²) in [7, 11) is -0.475. The topological polar surface area (TPSA) is 68.2 Å². The van der Waals surface area contributed by atoms with E-state index in [2.05, 4.69) is 0 Å². The lowest BCUT2D eigenvalue weighted by Crippen LogP contribution is -2.86. The van der Waals surface area contributed by atoms with Gasteiger partial charge < -0.3 is 19.5 Å². The van der Waals surface area contributed by atoms with Crippen LogP contribution in [0.5, 0.6) is 0 Å². The molecule has 2 heterocycles. The third-order valence-corrected chi connectivity index (χ3v) is 4.41. The molecule has 1 atom stereocenters. The van der Waals surface area contributed by atoms with E-state index in [-0.39, 0.29) is 17.4 Å². The van der Waals surface area contributed by atoms with Gasteiger partial charge >= 0.3 is 7.12 Å². The summed E-state index contributed by atoms with van der Waals surface area (Å²) >= 11 is 0. The number of allylic oxidation sites excluding steroid dienone is 1. The second kappa shape index (κ2) is 5.97.